The molecule has 0 saturated heterocycles. The quantitative estimate of drug-likeness (QED) is 0.880. The normalized spacial score (nSPS) is 10.1. The minimum Gasteiger partial charge on any atom is -0.493 e. The van der Waals surface area contributed by atoms with Crippen LogP contribution in [-0.4, -0.2) is 25.5 Å². The maximum absolute atomic E-state index is 12.5. The molecule has 0 aliphatic rings. The minimum absolute atomic E-state index is 0.0474. The lowest BCUT2D eigenvalue weighted by molar-refractivity contribution is -0.116. The summed E-state index contributed by atoms with van der Waals surface area (Å²) >= 11 is 0. The van der Waals surface area contributed by atoms with Crippen molar-refractivity contribution in [3.63, 3.8) is 0 Å². The van der Waals surface area contributed by atoms with E-state index in [4.69, 9.17) is 4.74 Å². The van der Waals surface area contributed by atoms with Gasteiger partial charge in [-0.1, -0.05) is 19.1 Å². The molecule has 0 heterocycles. The molecule has 5 heteroatoms. The number of carbonyl (C=O) groups excluding carboxylic acids is 2. The van der Waals surface area contributed by atoms with Gasteiger partial charge in [0.15, 0.2) is 0 Å². The summed E-state index contributed by atoms with van der Waals surface area (Å²) in [5.41, 5.74) is 1.93. The zero-order chi connectivity index (χ0) is 17.5. The molecule has 2 aromatic carbocycles. The molecule has 0 unspecified atom stereocenters. The van der Waals surface area contributed by atoms with Gasteiger partial charge in [0.2, 0.25) is 5.91 Å². The summed E-state index contributed by atoms with van der Waals surface area (Å²) in [4.78, 5) is 25.4. The van der Waals surface area contributed by atoms with Crippen LogP contribution < -0.4 is 15.0 Å². The summed E-state index contributed by atoms with van der Waals surface area (Å²) in [6.07, 6.45) is 0.876. The van der Waals surface area contributed by atoms with Crippen molar-refractivity contribution in [3.8, 4) is 5.75 Å². The Morgan fingerprint density at radius 3 is 2.38 bits per heavy atom. The van der Waals surface area contributed by atoms with Crippen molar-refractivity contribution < 1.29 is 14.3 Å². The van der Waals surface area contributed by atoms with Crippen LogP contribution in [0.2, 0.25) is 0 Å². The number of nitrogens with zero attached hydrogens (tertiary/aromatic N) is 1. The Balaban J connectivity index is 2.11. The van der Waals surface area contributed by atoms with Gasteiger partial charge in [0, 0.05) is 25.3 Å². The van der Waals surface area contributed by atoms with Crippen LogP contribution in [0, 0.1) is 0 Å². The summed E-state index contributed by atoms with van der Waals surface area (Å²) < 4.78 is 5.62. The number of hydrogen-bond donors (Lipinski definition) is 1. The second-order valence-corrected chi connectivity index (χ2v) is 5.42. The highest BCUT2D eigenvalue weighted by Gasteiger charge is 2.12. The first-order chi connectivity index (χ1) is 11.5. The zero-order valence-electron chi connectivity index (χ0n) is 14.2. The largest absolute Gasteiger partial charge is 0.493 e. The Morgan fingerprint density at radius 1 is 1.08 bits per heavy atom. The third kappa shape index (κ3) is 4.35. The average molecular weight is 326 g/mol. The molecule has 0 aliphatic heterocycles. The van der Waals surface area contributed by atoms with E-state index in [0.29, 0.717) is 23.6 Å². The summed E-state index contributed by atoms with van der Waals surface area (Å²) in [5.74, 6) is 0.299. The Morgan fingerprint density at radius 2 is 1.75 bits per heavy atom. The van der Waals surface area contributed by atoms with Gasteiger partial charge in [-0.25, -0.2) is 0 Å². The van der Waals surface area contributed by atoms with Crippen LogP contribution in [-0.2, 0) is 4.79 Å². The monoisotopic (exact) mass is 326 g/mol. The number of amides is 2. The van der Waals surface area contributed by atoms with Gasteiger partial charge in [-0.2, -0.15) is 0 Å². The Bertz CT molecular complexity index is 711. The van der Waals surface area contributed by atoms with Crippen molar-refractivity contribution >= 4 is 23.2 Å². The van der Waals surface area contributed by atoms with Crippen molar-refractivity contribution in [1.29, 1.82) is 0 Å². The standard InChI is InChI=1S/C19H22N2O3/c1-4-13-24-18-8-6-5-7-17(18)19(23)20-15-9-11-16(12-10-15)21(3)14(2)22/h5-12H,4,13H2,1-3H3,(H,20,23). The van der Waals surface area contributed by atoms with Crippen molar-refractivity contribution in [2.45, 2.75) is 20.3 Å². The Hall–Kier alpha value is -2.82. The first-order valence-corrected chi connectivity index (χ1v) is 7.90. The molecule has 2 rings (SSSR count). The molecule has 1 N–H and O–H groups in total. The molecule has 0 atom stereocenters. The predicted octanol–water partition coefficient (Wildman–Crippen LogP) is 3.71. The summed E-state index contributed by atoms with van der Waals surface area (Å²) in [7, 11) is 1.71. The second kappa shape index (κ2) is 8.15. The molecule has 2 aromatic rings. The molecule has 0 bridgehead atoms. The van der Waals surface area contributed by atoms with Gasteiger partial charge in [0.25, 0.3) is 5.91 Å². The highest BCUT2D eigenvalue weighted by atomic mass is 16.5. The molecule has 0 aliphatic carbocycles. The SMILES string of the molecule is CCCOc1ccccc1C(=O)Nc1ccc(N(C)C(C)=O)cc1. The Kier molecular flexibility index (Phi) is 5.95. The maximum Gasteiger partial charge on any atom is 0.259 e. The van der Waals surface area contributed by atoms with Crippen LogP contribution in [0.25, 0.3) is 0 Å². The fourth-order valence-corrected chi connectivity index (χ4v) is 2.14. The predicted molar refractivity (Wildman–Crippen MR) is 95.7 cm³/mol. The molecular weight excluding hydrogens is 304 g/mol. The molecule has 0 fully saturated rings. The fourth-order valence-electron chi connectivity index (χ4n) is 2.14. The van der Waals surface area contributed by atoms with Gasteiger partial charge < -0.3 is 15.0 Å². The van der Waals surface area contributed by atoms with E-state index in [1.807, 2.05) is 13.0 Å². The summed E-state index contributed by atoms with van der Waals surface area (Å²) in [5, 5.41) is 2.85. The average Bonchev–Trinajstić information content (AvgIpc) is 2.60. The van der Waals surface area contributed by atoms with Crippen molar-refractivity contribution in [1.82, 2.24) is 0 Å². The number of rotatable bonds is 6. The van der Waals surface area contributed by atoms with Gasteiger partial charge in [-0.3, -0.25) is 9.59 Å². The number of carbonyl (C=O) groups is 2. The topological polar surface area (TPSA) is 58.6 Å². The third-order valence-electron chi connectivity index (χ3n) is 3.58. The summed E-state index contributed by atoms with van der Waals surface area (Å²) in [6, 6.07) is 14.3. The zero-order valence-corrected chi connectivity index (χ0v) is 14.2. The molecule has 0 saturated carbocycles. The number of hydrogen-bond acceptors (Lipinski definition) is 3. The van der Waals surface area contributed by atoms with E-state index >= 15 is 0 Å². The van der Waals surface area contributed by atoms with Gasteiger partial charge in [0.05, 0.1) is 12.2 Å². The van der Waals surface area contributed by atoms with E-state index in [9.17, 15) is 9.59 Å². The van der Waals surface area contributed by atoms with Gasteiger partial charge in [0.1, 0.15) is 5.75 Å². The van der Waals surface area contributed by atoms with Gasteiger partial charge in [-0.15, -0.1) is 0 Å². The van der Waals surface area contributed by atoms with Crippen LogP contribution in [0.3, 0.4) is 0 Å². The fraction of sp³-hybridized carbons (Fsp3) is 0.263. The lowest BCUT2D eigenvalue weighted by atomic mass is 10.1. The van der Waals surface area contributed by atoms with Gasteiger partial charge >= 0.3 is 0 Å². The first-order valence-electron chi connectivity index (χ1n) is 7.90. The van der Waals surface area contributed by atoms with Crippen molar-refractivity contribution in [2.24, 2.45) is 0 Å². The number of nitrogens with one attached hydrogen (secondary N) is 1. The van der Waals surface area contributed by atoms with E-state index in [2.05, 4.69) is 5.32 Å². The smallest absolute Gasteiger partial charge is 0.259 e. The highest BCUT2D eigenvalue weighted by Crippen LogP contribution is 2.21. The molecule has 5 nitrogen and oxygen atoms in total. The lowest BCUT2D eigenvalue weighted by Crippen LogP contribution is -2.22. The van der Waals surface area contributed by atoms with E-state index in [1.165, 1.54) is 6.92 Å². The van der Waals surface area contributed by atoms with Crippen molar-refractivity contribution in [2.75, 3.05) is 23.9 Å². The van der Waals surface area contributed by atoms with Crippen LogP contribution >= 0.6 is 0 Å². The van der Waals surface area contributed by atoms with E-state index in [0.717, 1.165) is 12.1 Å². The molecular formula is C19H22N2O3. The number of anilines is 2. The number of para-hydroxylation sites is 1. The first kappa shape index (κ1) is 17.5. The Labute approximate surface area is 142 Å². The van der Waals surface area contributed by atoms with Gasteiger partial charge in [-0.05, 0) is 42.8 Å². The van der Waals surface area contributed by atoms with E-state index in [1.54, 1.807) is 54.4 Å². The maximum atomic E-state index is 12.5. The third-order valence-corrected chi connectivity index (χ3v) is 3.58. The molecule has 0 spiro atoms. The molecule has 0 aromatic heterocycles. The lowest BCUT2D eigenvalue weighted by Gasteiger charge is -2.15. The van der Waals surface area contributed by atoms with Crippen molar-refractivity contribution in [3.05, 3.63) is 54.1 Å². The van der Waals surface area contributed by atoms with Crippen LogP contribution in [0.1, 0.15) is 30.6 Å². The molecule has 2 amide bonds. The van der Waals surface area contributed by atoms with Crippen LogP contribution in [0.15, 0.2) is 48.5 Å². The number of benzene rings is 2. The number of ether oxygens (including phenoxy) is 1. The molecule has 24 heavy (non-hydrogen) atoms. The van der Waals surface area contributed by atoms with E-state index in [-0.39, 0.29) is 11.8 Å². The molecule has 126 valence electrons. The summed E-state index contributed by atoms with van der Waals surface area (Å²) in [6.45, 7) is 4.08. The van der Waals surface area contributed by atoms with E-state index < -0.39 is 0 Å². The minimum atomic E-state index is -0.227. The highest BCUT2D eigenvalue weighted by molar-refractivity contribution is 6.06. The van der Waals surface area contributed by atoms with Crippen LogP contribution in [0.4, 0.5) is 11.4 Å². The molecule has 0 radical (unpaired) electrons. The van der Waals surface area contributed by atoms with Crippen LogP contribution in [0.5, 0.6) is 5.75 Å². The second-order valence-electron chi connectivity index (χ2n) is 5.42.